The van der Waals surface area contributed by atoms with Crippen molar-refractivity contribution in [2.75, 3.05) is 24.4 Å². The highest BCUT2D eigenvalue weighted by atomic mass is 16.5. The van der Waals surface area contributed by atoms with Gasteiger partial charge in [0.05, 0.1) is 48.6 Å². The molecule has 12 heteroatoms. The fraction of sp³-hybridized carbons (Fsp3) is 0.448. The molecule has 2 N–H and O–H groups in total. The van der Waals surface area contributed by atoms with Gasteiger partial charge in [0.2, 0.25) is 5.95 Å². The fourth-order valence-electron chi connectivity index (χ4n) is 4.70. The van der Waals surface area contributed by atoms with Crippen molar-refractivity contribution in [1.82, 2.24) is 29.4 Å². The molecule has 0 amide bonds. The largest absolute Gasteiger partial charge is 0.494 e. The first-order chi connectivity index (χ1) is 19.5. The van der Waals surface area contributed by atoms with E-state index in [1.807, 2.05) is 48.5 Å². The Morgan fingerprint density at radius 3 is 2.51 bits per heavy atom. The highest BCUT2D eigenvalue weighted by Crippen LogP contribution is 2.37. The Bertz CT molecular complexity index is 1540. The minimum atomic E-state index is -0.531. The first kappa shape index (κ1) is 29.5. The van der Waals surface area contributed by atoms with Gasteiger partial charge in [-0.25, -0.2) is 9.78 Å². The summed E-state index contributed by atoms with van der Waals surface area (Å²) >= 11 is 0. The second-order valence-electron chi connectivity index (χ2n) is 10.5. The van der Waals surface area contributed by atoms with Crippen molar-refractivity contribution < 1.29 is 19.0 Å². The molecule has 3 aromatic heterocycles. The van der Waals surface area contributed by atoms with E-state index in [1.54, 1.807) is 20.4 Å². The van der Waals surface area contributed by atoms with Crippen LogP contribution in [-0.2, 0) is 18.3 Å². The molecule has 0 atom stereocenters. The molecular weight excluding hydrogens is 522 g/mol. The number of aryl methyl sites for hydroxylation is 2. The van der Waals surface area contributed by atoms with E-state index < -0.39 is 5.97 Å². The molecule has 4 rings (SSSR count). The minimum absolute atomic E-state index is 0.198. The van der Waals surface area contributed by atoms with Crippen LogP contribution in [0.5, 0.6) is 5.75 Å². The third-order valence-corrected chi connectivity index (χ3v) is 6.56. The highest BCUT2D eigenvalue weighted by molar-refractivity contribution is 5.96. The van der Waals surface area contributed by atoms with Gasteiger partial charge in [0, 0.05) is 12.2 Å². The van der Waals surface area contributed by atoms with Crippen molar-refractivity contribution in [2.24, 2.45) is 13.0 Å². The van der Waals surface area contributed by atoms with Crippen molar-refractivity contribution in [1.29, 1.82) is 0 Å². The van der Waals surface area contributed by atoms with Crippen molar-refractivity contribution in [3.63, 3.8) is 0 Å². The summed E-state index contributed by atoms with van der Waals surface area (Å²) in [7, 11) is 3.57. The zero-order valence-electron chi connectivity index (χ0n) is 25.3. The molecule has 218 valence electrons. The monoisotopic (exact) mass is 562 g/mol. The minimum Gasteiger partial charge on any atom is -0.494 e. The fourth-order valence-corrected chi connectivity index (χ4v) is 4.70. The summed E-state index contributed by atoms with van der Waals surface area (Å²) in [6, 6.07) is 5.93. The second kappa shape index (κ2) is 12.4. The molecule has 3 heterocycles. The van der Waals surface area contributed by atoms with Gasteiger partial charge >= 0.3 is 12.3 Å². The average molecular weight is 563 g/mol. The number of anilines is 4. The van der Waals surface area contributed by atoms with E-state index in [0.717, 1.165) is 35.0 Å². The van der Waals surface area contributed by atoms with Crippen LogP contribution in [0.25, 0.3) is 11.4 Å². The van der Waals surface area contributed by atoms with Crippen molar-refractivity contribution in [3.8, 4) is 17.1 Å². The summed E-state index contributed by atoms with van der Waals surface area (Å²) in [5, 5.41) is 11.2. The number of aromatic nitrogens is 7. The van der Waals surface area contributed by atoms with Crippen LogP contribution in [0.15, 0.2) is 30.7 Å². The third-order valence-electron chi connectivity index (χ3n) is 6.56. The van der Waals surface area contributed by atoms with Gasteiger partial charge in [0.25, 0.3) is 5.82 Å². The van der Waals surface area contributed by atoms with Crippen molar-refractivity contribution in [2.45, 2.75) is 61.1 Å². The number of esters is 1. The van der Waals surface area contributed by atoms with Crippen LogP contribution in [0.3, 0.4) is 0 Å². The number of carbonyl (C=O) groups excluding carboxylic acids is 1. The molecule has 0 radical (unpaired) electrons. The number of hydrogen-bond donors (Lipinski definition) is 2. The quantitative estimate of drug-likeness (QED) is 0.194. The van der Waals surface area contributed by atoms with Gasteiger partial charge in [-0.05, 0) is 57.7 Å². The Hall–Kier alpha value is -4.48. The van der Waals surface area contributed by atoms with Gasteiger partial charge in [-0.3, -0.25) is 4.68 Å². The zero-order valence-corrected chi connectivity index (χ0v) is 25.3. The standard InChI is InChI=1S/C29H39N9O3/c1-10-41-28(39)22-14-30-29(33-24-19(6)35-38(18(4)5)20(24)7)34-26(22)32-23-13-11-12-21(25(23)40-9)27-31-16-36(8)37(27)15-17(2)3/h11-14,16-18H,10,15H2,1-9H3,(H-,30,32,33,34,39)/p+1. The number of benzene rings is 1. The maximum atomic E-state index is 12.9. The number of hydrogen-bond acceptors (Lipinski definition) is 9. The first-order valence-electron chi connectivity index (χ1n) is 13.8. The molecule has 0 spiro atoms. The lowest BCUT2D eigenvalue weighted by atomic mass is 10.1. The maximum absolute atomic E-state index is 12.9. The molecule has 4 aromatic rings. The number of ether oxygens (including phenoxy) is 2. The first-order valence-corrected chi connectivity index (χ1v) is 13.8. The summed E-state index contributed by atoms with van der Waals surface area (Å²) in [5.74, 6) is 1.81. The van der Waals surface area contributed by atoms with E-state index in [0.29, 0.717) is 23.3 Å². The van der Waals surface area contributed by atoms with Gasteiger partial charge in [0.15, 0.2) is 11.6 Å². The molecule has 0 unspecified atom stereocenters. The van der Waals surface area contributed by atoms with Crippen LogP contribution in [0.4, 0.5) is 23.1 Å². The summed E-state index contributed by atoms with van der Waals surface area (Å²) in [6.07, 6.45) is 3.24. The van der Waals surface area contributed by atoms with Crippen molar-refractivity contribution >= 4 is 29.1 Å². The predicted octanol–water partition coefficient (Wildman–Crippen LogP) is 4.89. The van der Waals surface area contributed by atoms with E-state index in [-0.39, 0.29) is 24.0 Å². The Kier molecular flexibility index (Phi) is 8.89. The Balaban J connectivity index is 1.77. The van der Waals surface area contributed by atoms with Gasteiger partial charge in [-0.1, -0.05) is 19.9 Å². The molecule has 0 bridgehead atoms. The molecular formula is C29H40N9O3+. The van der Waals surface area contributed by atoms with Crippen LogP contribution in [0.1, 0.15) is 62.4 Å². The highest BCUT2D eigenvalue weighted by Gasteiger charge is 2.25. The normalized spacial score (nSPS) is 11.3. The lowest BCUT2D eigenvalue weighted by Crippen LogP contribution is -2.39. The topological polar surface area (TPSA) is 125 Å². The van der Waals surface area contributed by atoms with Gasteiger partial charge < -0.3 is 20.1 Å². The number of para-hydroxylation sites is 1. The number of carbonyl (C=O) groups is 1. The van der Waals surface area contributed by atoms with Gasteiger partial charge in [0.1, 0.15) is 12.6 Å². The lowest BCUT2D eigenvalue weighted by Gasteiger charge is -2.16. The van der Waals surface area contributed by atoms with E-state index in [2.05, 4.69) is 58.1 Å². The molecule has 0 fully saturated rings. The number of rotatable bonds is 11. The number of methoxy groups -OCH3 is 1. The Labute approximate surface area is 240 Å². The van der Waals surface area contributed by atoms with Crippen LogP contribution in [0, 0.1) is 19.8 Å². The molecule has 0 aliphatic heterocycles. The molecule has 0 aliphatic rings. The molecule has 41 heavy (non-hydrogen) atoms. The maximum Gasteiger partial charge on any atom is 0.343 e. The van der Waals surface area contributed by atoms with Crippen LogP contribution >= 0.6 is 0 Å². The van der Waals surface area contributed by atoms with Crippen molar-refractivity contribution in [3.05, 3.63) is 47.7 Å². The predicted molar refractivity (Wildman–Crippen MR) is 157 cm³/mol. The zero-order chi connectivity index (χ0) is 29.8. The Morgan fingerprint density at radius 1 is 1.12 bits per heavy atom. The summed E-state index contributed by atoms with van der Waals surface area (Å²) in [6.45, 7) is 15.2. The van der Waals surface area contributed by atoms with Gasteiger partial charge in [-0.2, -0.15) is 19.4 Å². The number of nitrogens with one attached hydrogen (secondary N) is 2. The Morgan fingerprint density at radius 2 is 1.88 bits per heavy atom. The molecule has 1 aromatic carbocycles. The SMILES string of the molecule is CCOC(=O)c1cnc(Nc2c(C)nn(C(C)C)c2C)nc1Nc1cccc(-c2nc[n+](C)n2CC(C)C)c1OC. The smallest absolute Gasteiger partial charge is 0.343 e. The van der Waals surface area contributed by atoms with E-state index in [1.165, 1.54) is 6.20 Å². The summed E-state index contributed by atoms with van der Waals surface area (Å²) in [4.78, 5) is 26.6. The van der Waals surface area contributed by atoms with E-state index in [9.17, 15) is 4.79 Å². The molecule has 0 aliphatic carbocycles. The van der Waals surface area contributed by atoms with Crippen LogP contribution < -0.4 is 20.1 Å². The molecule has 0 saturated carbocycles. The molecule has 12 nitrogen and oxygen atoms in total. The lowest BCUT2D eigenvalue weighted by molar-refractivity contribution is -0.754. The third kappa shape index (κ3) is 6.16. The number of nitrogens with zero attached hydrogens (tertiary/aromatic N) is 7. The van der Waals surface area contributed by atoms with Crippen LogP contribution in [-0.4, -0.2) is 49.1 Å². The van der Waals surface area contributed by atoms with E-state index in [4.69, 9.17) is 14.5 Å². The summed E-state index contributed by atoms with van der Waals surface area (Å²) in [5.41, 5.74) is 4.22. The summed E-state index contributed by atoms with van der Waals surface area (Å²) < 4.78 is 17.2. The van der Waals surface area contributed by atoms with E-state index >= 15 is 0 Å². The average Bonchev–Trinajstić information content (AvgIpc) is 3.42. The molecule has 0 saturated heterocycles. The van der Waals surface area contributed by atoms with Gasteiger partial charge in [-0.15, -0.1) is 0 Å². The van der Waals surface area contributed by atoms with Crippen LogP contribution in [0.2, 0.25) is 0 Å². The second-order valence-corrected chi connectivity index (χ2v) is 10.5.